The molecule has 0 aliphatic carbocycles. The average molecular weight is 355 g/mol. The number of rotatable bonds is 5. The third-order valence-electron chi connectivity index (χ3n) is 4.19. The van der Waals surface area contributed by atoms with E-state index in [0.717, 1.165) is 16.9 Å². The maximum atomic E-state index is 12.9. The number of hydrogen-bond donors (Lipinski definition) is 1. The number of hydrogen-bond acceptors (Lipinski definition) is 3. The molecule has 4 nitrogen and oxygen atoms in total. The fourth-order valence-corrected chi connectivity index (χ4v) is 2.84. The molecule has 26 heavy (non-hydrogen) atoms. The number of fused-ring (bicyclic) bond motifs is 1. The van der Waals surface area contributed by atoms with Gasteiger partial charge in [-0.3, -0.25) is 4.79 Å². The zero-order valence-electron chi connectivity index (χ0n) is 14.9. The van der Waals surface area contributed by atoms with Crippen LogP contribution in [0, 0.1) is 11.7 Å². The smallest absolute Gasteiger partial charge is 0.244 e. The lowest BCUT2D eigenvalue weighted by molar-refractivity contribution is -0.117. The van der Waals surface area contributed by atoms with E-state index in [-0.39, 0.29) is 23.7 Å². The molecule has 0 fully saturated rings. The largest absolute Gasteiger partial charge is 0.486 e. The summed E-state index contributed by atoms with van der Waals surface area (Å²) < 4.78 is 24.1. The fourth-order valence-electron chi connectivity index (χ4n) is 2.84. The van der Waals surface area contributed by atoms with Crippen LogP contribution < -0.4 is 14.8 Å². The molecule has 1 heterocycles. The Bertz CT molecular complexity index is 799. The first-order valence-electron chi connectivity index (χ1n) is 8.66. The van der Waals surface area contributed by atoms with Crippen LogP contribution in [0.5, 0.6) is 11.5 Å². The molecule has 1 N–H and O–H groups in total. The van der Waals surface area contributed by atoms with Gasteiger partial charge < -0.3 is 14.8 Å². The van der Waals surface area contributed by atoms with Crippen LogP contribution in [0.15, 0.2) is 48.5 Å². The van der Waals surface area contributed by atoms with Gasteiger partial charge in [0, 0.05) is 6.08 Å². The highest BCUT2D eigenvalue weighted by Gasteiger charge is 2.20. The van der Waals surface area contributed by atoms with Crippen LogP contribution in [-0.2, 0) is 4.79 Å². The Morgan fingerprint density at radius 3 is 2.46 bits per heavy atom. The predicted molar refractivity (Wildman–Crippen MR) is 98.6 cm³/mol. The quantitative estimate of drug-likeness (QED) is 0.821. The summed E-state index contributed by atoms with van der Waals surface area (Å²) in [5.74, 6) is 1.12. The van der Waals surface area contributed by atoms with E-state index in [1.165, 1.54) is 18.2 Å². The molecule has 2 aromatic rings. The Morgan fingerprint density at radius 1 is 1.08 bits per heavy atom. The second-order valence-corrected chi connectivity index (χ2v) is 6.52. The van der Waals surface area contributed by atoms with Crippen LogP contribution >= 0.6 is 0 Å². The van der Waals surface area contributed by atoms with E-state index in [0.29, 0.717) is 19.0 Å². The highest BCUT2D eigenvalue weighted by atomic mass is 19.1. The van der Waals surface area contributed by atoms with Crippen molar-refractivity contribution >= 4 is 12.0 Å². The molecule has 0 aromatic heterocycles. The second-order valence-electron chi connectivity index (χ2n) is 6.52. The Balaban J connectivity index is 1.72. The van der Waals surface area contributed by atoms with Gasteiger partial charge >= 0.3 is 0 Å². The molecule has 1 amide bonds. The lowest BCUT2D eigenvalue weighted by Crippen LogP contribution is -2.30. The summed E-state index contributed by atoms with van der Waals surface area (Å²) in [6.45, 7) is 5.16. The minimum Gasteiger partial charge on any atom is -0.486 e. The summed E-state index contributed by atoms with van der Waals surface area (Å²) in [6.07, 6.45) is 3.12. The number of carbonyl (C=O) groups excluding carboxylic acids is 1. The van der Waals surface area contributed by atoms with E-state index in [1.807, 2.05) is 32.0 Å². The van der Waals surface area contributed by atoms with Gasteiger partial charge in [-0.15, -0.1) is 0 Å². The molecule has 1 aliphatic rings. The Kier molecular flexibility index (Phi) is 5.56. The van der Waals surface area contributed by atoms with Gasteiger partial charge in [0.15, 0.2) is 11.5 Å². The van der Waals surface area contributed by atoms with Crippen molar-refractivity contribution in [3.63, 3.8) is 0 Å². The number of nitrogens with one attached hydrogen (secondary N) is 1. The van der Waals surface area contributed by atoms with E-state index in [4.69, 9.17) is 9.47 Å². The standard InChI is InChI=1S/C21H22FNO3/c1-14(2)21(16-6-9-18-19(13-16)26-12-11-25-18)23-20(24)10-5-15-3-7-17(22)8-4-15/h3-10,13-14,21H,11-12H2,1-2H3,(H,23,24)/b10-5+. The number of halogens is 1. The minimum absolute atomic E-state index is 0.156. The first-order valence-corrected chi connectivity index (χ1v) is 8.66. The van der Waals surface area contributed by atoms with Gasteiger partial charge in [-0.1, -0.05) is 32.0 Å². The van der Waals surface area contributed by atoms with Gasteiger partial charge in [0.2, 0.25) is 5.91 Å². The third kappa shape index (κ3) is 4.42. The molecule has 2 aromatic carbocycles. The Morgan fingerprint density at radius 2 is 1.77 bits per heavy atom. The van der Waals surface area contributed by atoms with E-state index < -0.39 is 0 Å². The average Bonchev–Trinajstić information content (AvgIpc) is 2.65. The SMILES string of the molecule is CC(C)C(NC(=O)/C=C/c1ccc(F)cc1)c1ccc2c(c1)OCCO2. The monoisotopic (exact) mass is 355 g/mol. The maximum Gasteiger partial charge on any atom is 0.244 e. The van der Waals surface area contributed by atoms with Crippen molar-refractivity contribution in [2.24, 2.45) is 5.92 Å². The summed E-state index contributed by atoms with van der Waals surface area (Å²) in [7, 11) is 0. The van der Waals surface area contributed by atoms with E-state index >= 15 is 0 Å². The maximum absolute atomic E-state index is 12.9. The molecular formula is C21H22FNO3. The molecule has 136 valence electrons. The molecule has 0 radical (unpaired) electrons. The van der Waals surface area contributed by atoms with Crippen LogP contribution in [0.3, 0.4) is 0 Å². The summed E-state index contributed by atoms with van der Waals surface area (Å²) in [6, 6.07) is 11.6. The molecule has 0 saturated carbocycles. The van der Waals surface area contributed by atoms with Gasteiger partial charge in [-0.25, -0.2) is 4.39 Å². The van der Waals surface area contributed by atoms with Gasteiger partial charge in [0.25, 0.3) is 0 Å². The highest BCUT2D eigenvalue weighted by Crippen LogP contribution is 2.34. The molecule has 0 bridgehead atoms. The molecule has 5 heteroatoms. The zero-order chi connectivity index (χ0) is 18.5. The molecule has 3 rings (SSSR count). The van der Waals surface area contributed by atoms with Crippen LogP contribution in [0.4, 0.5) is 4.39 Å². The van der Waals surface area contributed by atoms with Gasteiger partial charge in [0.05, 0.1) is 6.04 Å². The van der Waals surface area contributed by atoms with Crippen LogP contribution in [0.25, 0.3) is 6.08 Å². The third-order valence-corrected chi connectivity index (χ3v) is 4.19. The minimum atomic E-state index is -0.301. The molecule has 0 spiro atoms. The van der Waals surface area contributed by atoms with Gasteiger partial charge in [0.1, 0.15) is 19.0 Å². The van der Waals surface area contributed by atoms with Gasteiger partial charge in [-0.05, 0) is 47.4 Å². The molecule has 0 saturated heterocycles. The lowest BCUT2D eigenvalue weighted by Gasteiger charge is -2.25. The summed E-state index contributed by atoms with van der Waals surface area (Å²) >= 11 is 0. The second kappa shape index (κ2) is 8.04. The number of carbonyl (C=O) groups is 1. The van der Waals surface area contributed by atoms with E-state index in [1.54, 1.807) is 18.2 Å². The number of ether oxygens (including phenoxy) is 2. The van der Waals surface area contributed by atoms with Crippen LogP contribution in [0.1, 0.15) is 31.0 Å². The number of amides is 1. The fraction of sp³-hybridized carbons (Fsp3) is 0.286. The van der Waals surface area contributed by atoms with Crippen molar-refractivity contribution in [1.82, 2.24) is 5.32 Å². The number of benzene rings is 2. The zero-order valence-corrected chi connectivity index (χ0v) is 14.9. The van der Waals surface area contributed by atoms with Crippen molar-refractivity contribution in [2.75, 3.05) is 13.2 Å². The van der Waals surface area contributed by atoms with E-state index in [9.17, 15) is 9.18 Å². The summed E-state index contributed by atoms with van der Waals surface area (Å²) in [5, 5.41) is 3.02. The predicted octanol–water partition coefficient (Wildman–Crippen LogP) is 4.12. The highest BCUT2D eigenvalue weighted by molar-refractivity contribution is 5.92. The van der Waals surface area contributed by atoms with Crippen molar-refractivity contribution in [3.05, 3.63) is 65.5 Å². The molecule has 1 aliphatic heterocycles. The van der Waals surface area contributed by atoms with Crippen molar-refractivity contribution in [1.29, 1.82) is 0 Å². The molecule has 1 unspecified atom stereocenters. The van der Waals surface area contributed by atoms with E-state index in [2.05, 4.69) is 5.32 Å². The molecule has 1 atom stereocenters. The first kappa shape index (κ1) is 18.0. The first-order chi connectivity index (χ1) is 12.5. The van der Waals surface area contributed by atoms with Crippen molar-refractivity contribution < 1.29 is 18.7 Å². The summed E-state index contributed by atoms with van der Waals surface area (Å²) in [4.78, 5) is 12.3. The van der Waals surface area contributed by atoms with Gasteiger partial charge in [-0.2, -0.15) is 0 Å². The van der Waals surface area contributed by atoms with Crippen LogP contribution in [0.2, 0.25) is 0 Å². The summed E-state index contributed by atoms with van der Waals surface area (Å²) in [5.41, 5.74) is 1.73. The molecular weight excluding hydrogens is 333 g/mol. The van der Waals surface area contributed by atoms with Crippen molar-refractivity contribution in [3.8, 4) is 11.5 Å². The topological polar surface area (TPSA) is 47.6 Å². The lowest BCUT2D eigenvalue weighted by atomic mass is 9.95. The Hall–Kier alpha value is -2.82. The van der Waals surface area contributed by atoms with Crippen LogP contribution in [-0.4, -0.2) is 19.1 Å². The normalized spacial score (nSPS) is 14.5. The Labute approximate surface area is 152 Å². The van der Waals surface area contributed by atoms with Crippen molar-refractivity contribution in [2.45, 2.75) is 19.9 Å².